The molecular weight excluding hydrogens is 262 g/mol. The lowest BCUT2D eigenvalue weighted by Crippen LogP contribution is -2.45. The Kier molecular flexibility index (Phi) is 4.36. The fourth-order valence-electron chi connectivity index (χ4n) is 1.08. The number of amidine groups is 1. The third kappa shape index (κ3) is 3.34. The number of hydrogen-bond acceptors (Lipinski definition) is 4. The Morgan fingerprint density at radius 2 is 2.29 bits per heavy atom. The summed E-state index contributed by atoms with van der Waals surface area (Å²) in [6, 6.07) is 3.60. The summed E-state index contributed by atoms with van der Waals surface area (Å²) in [6.07, 6.45) is 0. The highest BCUT2D eigenvalue weighted by atomic mass is 35.5. The number of halogens is 1. The number of carbonyl (C=O) groups is 1. The third-order valence-electron chi connectivity index (χ3n) is 2.37. The van der Waals surface area contributed by atoms with E-state index in [0.717, 1.165) is 4.88 Å². The minimum atomic E-state index is -1.05. The summed E-state index contributed by atoms with van der Waals surface area (Å²) >= 11 is 7.17. The van der Waals surface area contributed by atoms with Gasteiger partial charge in [0.2, 0.25) is 5.91 Å². The number of thiophene rings is 1. The quantitative estimate of drug-likeness (QED) is 0.339. The van der Waals surface area contributed by atoms with Crippen molar-refractivity contribution in [3.05, 3.63) is 21.3 Å². The number of amides is 1. The van der Waals surface area contributed by atoms with Gasteiger partial charge in [0.15, 0.2) is 5.84 Å². The zero-order chi connectivity index (χ0) is 13.1. The summed E-state index contributed by atoms with van der Waals surface area (Å²) in [5.74, 6) is -0.434. The predicted octanol–water partition coefficient (Wildman–Crippen LogP) is 1.79. The number of nitrogens with one attached hydrogen (secondary N) is 1. The molecule has 0 atom stereocenters. The molecule has 0 bridgehead atoms. The van der Waals surface area contributed by atoms with Crippen molar-refractivity contribution in [3.8, 4) is 0 Å². The first-order chi connectivity index (χ1) is 7.87. The lowest BCUT2D eigenvalue weighted by Gasteiger charge is -2.21. The van der Waals surface area contributed by atoms with Crippen LogP contribution in [0.3, 0.4) is 0 Å². The normalized spacial score (nSPS) is 12.5. The van der Waals surface area contributed by atoms with Crippen molar-refractivity contribution in [1.29, 1.82) is 0 Å². The minimum Gasteiger partial charge on any atom is -0.409 e. The van der Waals surface area contributed by atoms with Gasteiger partial charge in [-0.05, 0) is 26.0 Å². The number of oxime groups is 1. The van der Waals surface area contributed by atoms with Crippen molar-refractivity contribution in [1.82, 2.24) is 5.32 Å². The van der Waals surface area contributed by atoms with E-state index in [1.165, 1.54) is 11.3 Å². The Labute approximate surface area is 108 Å². The van der Waals surface area contributed by atoms with E-state index in [9.17, 15) is 4.79 Å². The summed E-state index contributed by atoms with van der Waals surface area (Å²) in [4.78, 5) is 12.8. The Hall–Kier alpha value is -1.27. The molecule has 17 heavy (non-hydrogen) atoms. The van der Waals surface area contributed by atoms with Crippen LogP contribution in [0.1, 0.15) is 18.7 Å². The average Bonchev–Trinajstić information content (AvgIpc) is 2.70. The van der Waals surface area contributed by atoms with Crippen molar-refractivity contribution < 1.29 is 10.0 Å². The molecule has 0 aliphatic carbocycles. The molecule has 0 fully saturated rings. The van der Waals surface area contributed by atoms with Crippen LogP contribution in [0.25, 0.3) is 0 Å². The van der Waals surface area contributed by atoms with E-state index in [1.807, 2.05) is 6.07 Å². The molecular formula is C10H14ClN3O2S. The smallest absolute Gasteiger partial charge is 0.233 e. The van der Waals surface area contributed by atoms with Crippen LogP contribution in [0.15, 0.2) is 17.3 Å². The van der Waals surface area contributed by atoms with Gasteiger partial charge in [0.1, 0.15) is 5.41 Å². The van der Waals surface area contributed by atoms with Gasteiger partial charge in [-0.15, -0.1) is 11.3 Å². The van der Waals surface area contributed by atoms with E-state index in [0.29, 0.717) is 10.9 Å². The molecule has 0 spiro atoms. The van der Waals surface area contributed by atoms with Crippen LogP contribution in [-0.4, -0.2) is 17.0 Å². The van der Waals surface area contributed by atoms with E-state index in [-0.39, 0.29) is 11.7 Å². The van der Waals surface area contributed by atoms with Crippen LogP contribution in [0.2, 0.25) is 4.34 Å². The Balaban J connectivity index is 2.61. The van der Waals surface area contributed by atoms with Crippen LogP contribution < -0.4 is 11.1 Å². The summed E-state index contributed by atoms with van der Waals surface area (Å²) < 4.78 is 0.671. The first kappa shape index (κ1) is 13.8. The molecule has 94 valence electrons. The molecule has 0 aliphatic rings. The summed E-state index contributed by atoms with van der Waals surface area (Å²) in [5, 5.41) is 14.1. The zero-order valence-electron chi connectivity index (χ0n) is 9.53. The summed E-state index contributed by atoms with van der Waals surface area (Å²) in [7, 11) is 0. The second kappa shape index (κ2) is 5.37. The molecule has 7 heteroatoms. The zero-order valence-corrected chi connectivity index (χ0v) is 11.1. The Morgan fingerprint density at radius 3 is 2.76 bits per heavy atom. The topological polar surface area (TPSA) is 87.7 Å². The van der Waals surface area contributed by atoms with Gasteiger partial charge in [-0.2, -0.15) is 0 Å². The molecule has 5 nitrogen and oxygen atoms in total. The lowest BCUT2D eigenvalue weighted by molar-refractivity contribution is -0.126. The highest BCUT2D eigenvalue weighted by Gasteiger charge is 2.32. The summed E-state index contributed by atoms with van der Waals surface area (Å²) in [6.45, 7) is 3.54. The fraction of sp³-hybridized carbons (Fsp3) is 0.400. The van der Waals surface area contributed by atoms with Crippen LogP contribution >= 0.6 is 22.9 Å². The number of nitrogens with zero attached hydrogens (tertiary/aromatic N) is 1. The number of hydrogen-bond donors (Lipinski definition) is 3. The maximum atomic E-state index is 11.8. The third-order valence-corrected chi connectivity index (χ3v) is 3.60. The molecule has 1 amide bonds. The molecule has 1 heterocycles. The van der Waals surface area contributed by atoms with Gasteiger partial charge in [0.25, 0.3) is 0 Å². The summed E-state index contributed by atoms with van der Waals surface area (Å²) in [5.41, 5.74) is 4.40. The number of rotatable bonds is 4. The van der Waals surface area contributed by atoms with Gasteiger partial charge in [-0.1, -0.05) is 16.8 Å². The molecule has 0 radical (unpaired) electrons. The van der Waals surface area contributed by atoms with Gasteiger partial charge in [-0.25, -0.2) is 0 Å². The van der Waals surface area contributed by atoms with Gasteiger partial charge in [-0.3, -0.25) is 4.79 Å². The molecule has 1 aromatic heterocycles. The molecule has 0 aromatic carbocycles. The highest BCUT2D eigenvalue weighted by Crippen LogP contribution is 2.22. The largest absolute Gasteiger partial charge is 0.409 e. The minimum absolute atomic E-state index is 0.126. The molecule has 0 unspecified atom stereocenters. The van der Waals surface area contributed by atoms with E-state index in [4.69, 9.17) is 22.5 Å². The second-order valence-corrected chi connectivity index (χ2v) is 5.80. The van der Waals surface area contributed by atoms with Gasteiger partial charge in [0.05, 0.1) is 10.9 Å². The van der Waals surface area contributed by atoms with Crippen LogP contribution in [0, 0.1) is 5.41 Å². The highest BCUT2D eigenvalue weighted by molar-refractivity contribution is 7.16. The van der Waals surface area contributed by atoms with Crippen molar-refractivity contribution in [3.63, 3.8) is 0 Å². The number of nitrogens with two attached hydrogens (primary N) is 1. The van der Waals surface area contributed by atoms with Crippen molar-refractivity contribution in [2.75, 3.05) is 0 Å². The van der Waals surface area contributed by atoms with Crippen LogP contribution in [-0.2, 0) is 11.3 Å². The second-order valence-electron chi connectivity index (χ2n) is 4.00. The van der Waals surface area contributed by atoms with Gasteiger partial charge >= 0.3 is 0 Å². The Bertz CT molecular complexity index is 443. The standard InChI is InChI=1S/C10H14ClN3O2S/c1-10(2,8(12)14-16)9(15)13-5-6-3-4-7(11)17-6/h3-4,16H,5H2,1-2H3,(H2,12,14)(H,13,15). The van der Waals surface area contributed by atoms with Crippen molar-refractivity contribution in [2.45, 2.75) is 20.4 Å². The molecule has 0 saturated heterocycles. The predicted molar refractivity (Wildman–Crippen MR) is 68.4 cm³/mol. The van der Waals surface area contributed by atoms with Crippen molar-refractivity contribution in [2.24, 2.45) is 16.3 Å². The van der Waals surface area contributed by atoms with Gasteiger partial charge < -0.3 is 16.3 Å². The molecule has 0 aliphatic heterocycles. The molecule has 1 rings (SSSR count). The Morgan fingerprint density at radius 1 is 1.65 bits per heavy atom. The van der Waals surface area contributed by atoms with E-state index >= 15 is 0 Å². The number of carbonyl (C=O) groups excluding carboxylic acids is 1. The monoisotopic (exact) mass is 275 g/mol. The average molecular weight is 276 g/mol. The van der Waals surface area contributed by atoms with E-state index in [1.54, 1.807) is 19.9 Å². The van der Waals surface area contributed by atoms with E-state index in [2.05, 4.69) is 10.5 Å². The fourth-order valence-corrected chi connectivity index (χ4v) is 2.10. The molecule has 1 aromatic rings. The van der Waals surface area contributed by atoms with Crippen LogP contribution in [0.4, 0.5) is 0 Å². The molecule has 4 N–H and O–H groups in total. The molecule has 0 saturated carbocycles. The van der Waals surface area contributed by atoms with Crippen LogP contribution in [0.5, 0.6) is 0 Å². The first-order valence-corrected chi connectivity index (χ1v) is 6.08. The van der Waals surface area contributed by atoms with Crippen molar-refractivity contribution >= 4 is 34.7 Å². The SMILES string of the molecule is CC(C)(C(=O)NCc1ccc(Cl)s1)C(N)=NO. The first-order valence-electron chi connectivity index (χ1n) is 4.88. The van der Waals surface area contributed by atoms with Gasteiger partial charge in [0, 0.05) is 4.88 Å². The maximum Gasteiger partial charge on any atom is 0.233 e. The lowest BCUT2D eigenvalue weighted by atomic mass is 9.91. The van der Waals surface area contributed by atoms with E-state index < -0.39 is 5.41 Å². The maximum absolute atomic E-state index is 11.8.